The molecule has 0 saturated carbocycles. The lowest BCUT2D eigenvalue weighted by Crippen LogP contribution is -2.26. The summed E-state index contributed by atoms with van der Waals surface area (Å²) in [6.07, 6.45) is 2.75. The van der Waals surface area contributed by atoms with E-state index in [0.29, 0.717) is 34.6 Å². The Morgan fingerprint density at radius 2 is 1.84 bits per heavy atom. The molecule has 0 radical (unpaired) electrons. The van der Waals surface area contributed by atoms with Crippen molar-refractivity contribution >= 4 is 28.2 Å². The highest BCUT2D eigenvalue weighted by Gasteiger charge is 2.34. The van der Waals surface area contributed by atoms with E-state index in [-0.39, 0.29) is 23.9 Å². The van der Waals surface area contributed by atoms with Gasteiger partial charge >= 0.3 is 5.97 Å². The van der Waals surface area contributed by atoms with Crippen molar-refractivity contribution in [3.05, 3.63) is 40.3 Å². The predicted octanol–water partition coefficient (Wildman–Crippen LogP) is 5.10. The number of benzene rings is 1. The van der Waals surface area contributed by atoms with E-state index in [1.807, 2.05) is 0 Å². The van der Waals surface area contributed by atoms with Gasteiger partial charge in [0.25, 0.3) is 5.91 Å². The van der Waals surface area contributed by atoms with Crippen molar-refractivity contribution in [2.45, 2.75) is 47.0 Å². The molecule has 7 heteroatoms. The van der Waals surface area contributed by atoms with Gasteiger partial charge in [-0.15, -0.1) is 11.3 Å². The number of anilines is 1. The quantitative estimate of drug-likeness (QED) is 0.600. The van der Waals surface area contributed by atoms with Crippen molar-refractivity contribution < 1.29 is 23.8 Å². The van der Waals surface area contributed by atoms with E-state index >= 15 is 0 Å². The minimum atomic E-state index is -0.374. The van der Waals surface area contributed by atoms with Crippen LogP contribution in [0.3, 0.4) is 0 Å². The number of nitrogens with one attached hydrogen (secondary N) is 1. The molecule has 0 fully saturated rings. The van der Waals surface area contributed by atoms with E-state index in [1.54, 1.807) is 38.3 Å². The summed E-state index contributed by atoms with van der Waals surface area (Å²) in [7, 11) is 1.59. The molecule has 0 saturated heterocycles. The third kappa shape index (κ3) is 5.58. The molecule has 0 spiro atoms. The lowest BCUT2D eigenvalue weighted by molar-refractivity contribution is -0.118. The van der Waals surface area contributed by atoms with Crippen LogP contribution in [-0.2, 0) is 22.4 Å². The van der Waals surface area contributed by atoms with Crippen molar-refractivity contribution in [1.82, 2.24) is 0 Å². The SMILES string of the molecule is CCOC(=O)c1c(NC(=O)COc2ccc(OC)cc2)sc2c1CCC(C(C)(C)C)C2. The second-order valence-corrected chi connectivity index (χ2v) is 9.85. The van der Waals surface area contributed by atoms with Gasteiger partial charge < -0.3 is 19.5 Å². The number of fused-ring (bicyclic) bond motifs is 1. The number of carbonyl (C=O) groups is 2. The van der Waals surface area contributed by atoms with Gasteiger partial charge in [-0.2, -0.15) is 0 Å². The van der Waals surface area contributed by atoms with Crippen LogP contribution in [-0.4, -0.2) is 32.2 Å². The Balaban J connectivity index is 1.75. The summed E-state index contributed by atoms with van der Waals surface area (Å²) in [4.78, 5) is 26.4. The first kappa shape index (κ1) is 23.1. The van der Waals surface area contributed by atoms with Crippen molar-refractivity contribution in [2.75, 3.05) is 25.6 Å². The first-order chi connectivity index (χ1) is 14.7. The first-order valence-corrected chi connectivity index (χ1v) is 11.4. The number of esters is 1. The predicted molar refractivity (Wildman–Crippen MR) is 122 cm³/mol. The summed E-state index contributed by atoms with van der Waals surface area (Å²) in [6.45, 7) is 8.68. The molecule has 168 valence electrons. The monoisotopic (exact) mass is 445 g/mol. The van der Waals surface area contributed by atoms with Crippen LogP contribution in [0.4, 0.5) is 5.00 Å². The first-order valence-electron chi connectivity index (χ1n) is 10.6. The minimum absolute atomic E-state index is 0.151. The largest absolute Gasteiger partial charge is 0.497 e. The maximum atomic E-state index is 12.7. The summed E-state index contributed by atoms with van der Waals surface area (Å²) in [5.41, 5.74) is 1.73. The van der Waals surface area contributed by atoms with Gasteiger partial charge in [0, 0.05) is 4.88 Å². The topological polar surface area (TPSA) is 73.9 Å². The average molecular weight is 446 g/mol. The van der Waals surface area contributed by atoms with Crippen LogP contribution in [0.15, 0.2) is 24.3 Å². The van der Waals surface area contributed by atoms with Crippen LogP contribution in [0.1, 0.15) is 54.9 Å². The molecular formula is C24H31NO5S. The van der Waals surface area contributed by atoms with Crippen molar-refractivity contribution in [3.63, 3.8) is 0 Å². The molecule has 3 rings (SSSR count). The Morgan fingerprint density at radius 3 is 2.45 bits per heavy atom. The minimum Gasteiger partial charge on any atom is -0.497 e. The van der Waals surface area contributed by atoms with Crippen LogP contribution >= 0.6 is 11.3 Å². The van der Waals surface area contributed by atoms with Gasteiger partial charge in [-0.25, -0.2) is 4.79 Å². The smallest absolute Gasteiger partial charge is 0.341 e. The Labute approximate surface area is 187 Å². The zero-order valence-corrected chi connectivity index (χ0v) is 19.7. The Bertz CT molecular complexity index is 927. The Kier molecular flexibility index (Phi) is 7.26. The number of carbonyl (C=O) groups excluding carboxylic acids is 2. The van der Waals surface area contributed by atoms with Crippen LogP contribution in [0.25, 0.3) is 0 Å². The van der Waals surface area contributed by atoms with Crippen LogP contribution in [0.2, 0.25) is 0 Å². The average Bonchev–Trinajstić information content (AvgIpc) is 3.09. The lowest BCUT2D eigenvalue weighted by atomic mass is 9.72. The molecule has 1 heterocycles. The second-order valence-electron chi connectivity index (χ2n) is 8.75. The Morgan fingerprint density at radius 1 is 1.16 bits per heavy atom. The van der Waals surface area contributed by atoms with E-state index in [0.717, 1.165) is 24.8 Å². The molecule has 1 N–H and O–H groups in total. The summed E-state index contributed by atoms with van der Waals surface area (Å²) in [5.74, 6) is 1.14. The molecule has 0 aliphatic heterocycles. The zero-order chi connectivity index (χ0) is 22.6. The van der Waals surface area contributed by atoms with Gasteiger partial charge in [0.1, 0.15) is 16.5 Å². The summed E-state index contributed by atoms with van der Waals surface area (Å²) >= 11 is 1.49. The summed E-state index contributed by atoms with van der Waals surface area (Å²) < 4.78 is 16.0. The number of rotatable bonds is 7. The number of amides is 1. The second kappa shape index (κ2) is 9.73. The molecule has 6 nitrogen and oxygen atoms in total. The lowest BCUT2D eigenvalue weighted by Gasteiger charge is -2.33. The van der Waals surface area contributed by atoms with E-state index in [9.17, 15) is 9.59 Å². The Hall–Kier alpha value is -2.54. The molecular weight excluding hydrogens is 414 g/mol. The highest BCUT2D eigenvalue weighted by Crippen LogP contribution is 2.44. The van der Waals surface area contributed by atoms with E-state index in [1.165, 1.54) is 16.2 Å². The number of ether oxygens (including phenoxy) is 3. The molecule has 1 atom stereocenters. The van der Waals surface area contributed by atoms with Gasteiger partial charge in [0.05, 0.1) is 19.3 Å². The zero-order valence-electron chi connectivity index (χ0n) is 18.9. The molecule has 1 amide bonds. The number of hydrogen-bond donors (Lipinski definition) is 1. The standard InChI is InChI=1S/C24H31NO5S/c1-6-29-23(27)21-18-12-7-15(24(2,3)4)13-19(18)31-22(21)25-20(26)14-30-17-10-8-16(28-5)9-11-17/h8-11,15H,6-7,12-14H2,1-5H3,(H,25,26). The van der Waals surface area contributed by atoms with Gasteiger partial charge in [-0.1, -0.05) is 20.8 Å². The van der Waals surface area contributed by atoms with E-state index < -0.39 is 0 Å². The number of hydrogen-bond acceptors (Lipinski definition) is 6. The third-order valence-corrected chi connectivity index (χ3v) is 6.82. The summed E-state index contributed by atoms with van der Waals surface area (Å²) in [6, 6.07) is 7.02. The van der Waals surface area contributed by atoms with E-state index in [2.05, 4.69) is 26.1 Å². The highest BCUT2D eigenvalue weighted by molar-refractivity contribution is 7.17. The number of thiophene rings is 1. The van der Waals surface area contributed by atoms with Crippen molar-refractivity contribution in [2.24, 2.45) is 11.3 Å². The van der Waals surface area contributed by atoms with Crippen molar-refractivity contribution in [1.29, 1.82) is 0 Å². The molecule has 1 aromatic carbocycles. The van der Waals surface area contributed by atoms with Crippen LogP contribution in [0.5, 0.6) is 11.5 Å². The molecule has 1 aliphatic carbocycles. The molecule has 31 heavy (non-hydrogen) atoms. The van der Waals surface area contributed by atoms with Gasteiger partial charge in [0.15, 0.2) is 6.61 Å². The fraction of sp³-hybridized carbons (Fsp3) is 0.500. The molecule has 2 aromatic rings. The van der Waals surface area contributed by atoms with Crippen LogP contribution < -0.4 is 14.8 Å². The van der Waals surface area contributed by atoms with Gasteiger partial charge in [0.2, 0.25) is 0 Å². The normalized spacial score (nSPS) is 15.7. The van der Waals surface area contributed by atoms with Gasteiger partial charge in [-0.3, -0.25) is 4.79 Å². The number of methoxy groups -OCH3 is 1. The van der Waals surface area contributed by atoms with Crippen LogP contribution in [0, 0.1) is 11.3 Å². The van der Waals surface area contributed by atoms with Gasteiger partial charge in [-0.05, 0) is 67.3 Å². The summed E-state index contributed by atoms with van der Waals surface area (Å²) in [5, 5.41) is 3.44. The van der Waals surface area contributed by atoms with E-state index in [4.69, 9.17) is 14.2 Å². The molecule has 1 aromatic heterocycles. The molecule has 1 unspecified atom stereocenters. The maximum Gasteiger partial charge on any atom is 0.341 e. The third-order valence-electron chi connectivity index (χ3n) is 5.65. The van der Waals surface area contributed by atoms with Crippen molar-refractivity contribution in [3.8, 4) is 11.5 Å². The fourth-order valence-corrected chi connectivity index (χ4v) is 5.15. The highest BCUT2D eigenvalue weighted by atomic mass is 32.1. The fourth-order valence-electron chi connectivity index (χ4n) is 3.82. The molecule has 1 aliphatic rings. The molecule has 0 bridgehead atoms. The maximum absolute atomic E-state index is 12.7.